The van der Waals surface area contributed by atoms with E-state index >= 15 is 0 Å². The predicted molar refractivity (Wildman–Crippen MR) is 138 cm³/mol. The van der Waals surface area contributed by atoms with Crippen molar-refractivity contribution < 1.29 is 9.53 Å². The van der Waals surface area contributed by atoms with Gasteiger partial charge < -0.3 is 10.1 Å². The summed E-state index contributed by atoms with van der Waals surface area (Å²) in [5.74, 6) is 4.38. The van der Waals surface area contributed by atoms with Gasteiger partial charge in [0, 0.05) is 22.5 Å². The molecule has 3 heterocycles. The Morgan fingerprint density at radius 1 is 1.11 bits per heavy atom. The van der Waals surface area contributed by atoms with Crippen LogP contribution in [-0.2, 0) is 4.79 Å². The average molecular weight is 482 g/mol. The molecule has 1 unspecified atom stereocenters. The number of fused-ring (bicyclic) bond motifs is 1. The largest absolute Gasteiger partial charge is 0.481 e. The second kappa shape index (κ2) is 9.65. The topological polar surface area (TPSA) is 81.9 Å². The first kappa shape index (κ1) is 22.7. The van der Waals surface area contributed by atoms with Crippen LogP contribution in [0.1, 0.15) is 27.8 Å². The number of thioether (sulfide) groups is 1. The van der Waals surface area contributed by atoms with Gasteiger partial charge in [-0.15, -0.1) is 18.2 Å². The number of nitrogens with zero attached hydrogens (tertiary/aromatic N) is 4. The van der Waals surface area contributed by atoms with Crippen molar-refractivity contribution in [1.82, 2.24) is 19.7 Å². The van der Waals surface area contributed by atoms with E-state index in [0.717, 1.165) is 33.8 Å². The van der Waals surface area contributed by atoms with Gasteiger partial charge in [0.15, 0.2) is 0 Å². The lowest BCUT2D eigenvalue weighted by Gasteiger charge is -2.17. The van der Waals surface area contributed by atoms with Crippen molar-refractivity contribution in [1.29, 1.82) is 0 Å². The molecule has 7 nitrogen and oxygen atoms in total. The smallest absolute Gasteiger partial charge is 0.252 e. The van der Waals surface area contributed by atoms with Crippen LogP contribution in [0.3, 0.4) is 0 Å². The lowest BCUT2D eigenvalue weighted by molar-refractivity contribution is -0.113. The Labute approximate surface area is 208 Å². The number of aryl methyl sites for hydroxylation is 2. The van der Waals surface area contributed by atoms with Crippen LogP contribution in [0.25, 0.3) is 17.2 Å². The first-order valence-corrected chi connectivity index (χ1v) is 12.2. The zero-order valence-corrected chi connectivity index (χ0v) is 20.2. The van der Waals surface area contributed by atoms with Gasteiger partial charge in [0.25, 0.3) is 5.95 Å². The molecule has 1 atom stereocenters. The summed E-state index contributed by atoms with van der Waals surface area (Å²) in [6.45, 7) is 4.04. The number of anilines is 1. The van der Waals surface area contributed by atoms with E-state index in [0.29, 0.717) is 23.3 Å². The van der Waals surface area contributed by atoms with Gasteiger partial charge in [-0.3, -0.25) is 4.79 Å². The van der Waals surface area contributed by atoms with Crippen molar-refractivity contribution in [3.8, 4) is 35.3 Å². The Kier molecular flexibility index (Phi) is 6.25. The highest BCUT2D eigenvalue weighted by Crippen LogP contribution is 2.46. The van der Waals surface area contributed by atoms with Crippen LogP contribution in [-0.4, -0.2) is 38.0 Å². The van der Waals surface area contributed by atoms with Crippen molar-refractivity contribution in [2.75, 3.05) is 17.7 Å². The molecule has 8 heteroatoms. The highest BCUT2D eigenvalue weighted by molar-refractivity contribution is 8.00. The molecule has 1 aliphatic heterocycles. The minimum atomic E-state index is -0.152. The van der Waals surface area contributed by atoms with Crippen molar-refractivity contribution in [2.24, 2.45) is 0 Å². The minimum Gasteiger partial charge on any atom is -0.481 e. The van der Waals surface area contributed by atoms with Gasteiger partial charge in [0.2, 0.25) is 5.91 Å². The van der Waals surface area contributed by atoms with Crippen molar-refractivity contribution >= 4 is 23.5 Å². The molecule has 174 valence electrons. The molecule has 4 aromatic rings. The van der Waals surface area contributed by atoms with Crippen LogP contribution in [0, 0.1) is 26.2 Å². The molecule has 0 saturated carbocycles. The Morgan fingerprint density at radius 3 is 2.51 bits per heavy atom. The number of rotatable bonds is 5. The van der Waals surface area contributed by atoms with Crippen LogP contribution in [0.15, 0.2) is 60.7 Å². The monoisotopic (exact) mass is 481 g/mol. The quantitative estimate of drug-likeness (QED) is 0.415. The van der Waals surface area contributed by atoms with E-state index in [-0.39, 0.29) is 17.8 Å². The molecular weight excluding hydrogens is 458 g/mol. The molecule has 0 radical (unpaired) electrons. The summed E-state index contributed by atoms with van der Waals surface area (Å²) in [5.41, 5.74) is 5.31. The van der Waals surface area contributed by atoms with E-state index in [1.54, 1.807) is 16.4 Å². The lowest BCUT2D eigenvalue weighted by Crippen LogP contribution is -2.17. The third-order valence-electron chi connectivity index (χ3n) is 5.54. The normalized spacial score (nSPS) is 15.0. The third kappa shape index (κ3) is 4.63. The van der Waals surface area contributed by atoms with Crippen LogP contribution >= 0.6 is 11.8 Å². The molecule has 1 N–H and O–H groups in total. The SMILES string of the molecule is C#CCOc1ccc(C2SCC(=O)Nc3c2c(-c2ccccc2)nn3-c2nc(C)cc(C)n2)cc1. The predicted octanol–water partition coefficient (Wildman–Crippen LogP) is 4.73. The maximum absolute atomic E-state index is 12.8. The molecule has 0 fully saturated rings. The zero-order chi connectivity index (χ0) is 24.4. The number of carbonyl (C=O) groups is 1. The average Bonchev–Trinajstić information content (AvgIpc) is 3.13. The van der Waals surface area contributed by atoms with E-state index in [1.165, 1.54) is 0 Å². The summed E-state index contributed by atoms with van der Waals surface area (Å²) in [4.78, 5) is 22.0. The highest BCUT2D eigenvalue weighted by atomic mass is 32.2. The fourth-order valence-corrected chi connectivity index (χ4v) is 5.22. The second-order valence-corrected chi connectivity index (χ2v) is 9.23. The Hall–Kier alpha value is -4.09. The molecule has 2 aromatic carbocycles. The number of terminal acetylenes is 1. The number of benzene rings is 2. The van der Waals surface area contributed by atoms with Crippen LogP contribution in [0.5, 0.6) is 5.75 Å². The van der Waals surface area contributed by atoms with Crippen molar-refractivity contribution in [3.63, 3.8) is 0 Å². The number of carbonyl (C=O) groups excluding carboxylic acids is 1. The van der Waals surface area contributed by atoms with E-state index in [1.807, 2.05) is 74.5 Å². The van der Waals surface area contributed by atoms with Gasteiger partial charge in [-0.25, -0.2) is 9.97 Å². The summed E-state index contributed by atoms with van der Waals surface area (Å²) in [5, 5.41) is 7.86. The number of hydrogen-bond donors (Lipinski definition) is 1. The molecule has 0 saturated heterocycles. The molecule has 1 aliphatic rings. The van der Waals surface area contributed by atoms with Gasteiger partial charge >= 0.3 is 0 Å². The first-order valence-electron chi connectivity index (χ1n) is 11.1. The number of aromatic nitrogens is 4. The Morgan fingerprint density at radius 2 is 1.83 bits per heavy atom. The van der Waals surface area contributed by atoms with Crippen LogP contribution < -0.4 is 10.1 Å². The summed E-state index contributed by atoms with van der Waals surface area (Å²) in [6.07, 6.45) is 5.31. The van der Waals surface area contributed by atoms with E-state index in [9.17, 15) is 4.79 Å². The van der Waals surface area contributed by atoms with Crippen molar-refractivity contribution in [3.05, 3.63) is 83.2 Å². The summed E-state index contributed by atoms with van der Waals surface area (Å²) >= 11 is 1.56. The summed E-state index contributed by atoms with van der Waals surface area (Å²) in [7, 11) is 0. The third-order valence-corrected chi connectivity index (χ3v) is 6.81. The summed E-state index contributed by atoms with van der Waals surface area (Å²) in [6, 6.07) is 19.7. The number of ether oxygens (including phenoxy) is 1. The summed E-state index contributed by atoms with van der Waals surface area (Å²) < 4.78 is 7.20. The number of amides is 1. The van der Waals surface area contributed by atoms with Gasteiger partial charge in [0.1, 0.15) is 18.2 Å². The van der Waals surface area contributed by atoms with Gasteiger partial charge in [0.05, 0.1) is 16.7 Å². The van der Waals surface area contributed by atoms with Crippen LogP contribution in [0.4, 0.5) is 5.82 Å². The minimum absolute atomic E-state index is 0.0992. The van der Waals surface area contributed by atoms with Gasteiger partial charge in [-0.05, 0) is 37.6 Å². The highest BCUT2D eigenvalue weighted by Gasteiger charge is 2.33. The maximum Gasteiger partial charge on any atom is 0.252 e. The lowest BCUT2D eigenvalue weighted by atomic mass is 10.00. The molecule has 0 bridgehead atoms. The Bertz CT molecular complexity index is 1400. The fourth-order valence-electron chi connectivity index (χ4n) is 4.09. The Balaban J connectivity index is 1.71. The van der Waals surface area contributed by atoms with Crippen molar-refractivity contribution in [2.45, 2.75) is 19.1 Å². The van der Waals surface area contributed by atoms with E-state index in [2.05, 4.69) is 21.2 Å². The van der Waals surface area contributed by atoms with Crippen LogP contribution in [0.2, 0.25) is 0 Å². The first-order chi connectivity index (χ1) is 17.0. The second-order valence-electron chi connectivity index (χ2n) is 8.14. The zero-order valence-electron chi connectivity index (χ0n) is 19.4. The molecule has 0 aliphatic carbocycles. The molecule has 5 rings (SSSR count). The molecule has 2 aromatic heterocycles. The number of hydrogen-bond acceptors (Lipinski definition) is 6. The van der Waals surface area contributed by atoms with E-state index < -0.39 is 0 Å². The van der Waals surface area contributed by atoms with Gasteiger partial charge in [-0.1, -0.05) is 48.4 Å². The number of nitrogens with one attached hydrogen (secondary N) is 1. The van der Waals surface area contributed by atoms with E-state index in [4.69, 9.17) is 16.3 Å². The molecule has 35 heavy (non-hydrogen) atoms. The molecule has 1 amide bonds. The standard InChI is InChI=1S/C27H23N5O2S/c1-4-14-34-21-12-10-20(11-13-21)25-23-24(19-8-6-5-7-9-19)31-32(26(23)30-22(33)16-35-25)27-28-17(2)15-18(3)29-27/h1,5-13,15,25H,14,16H2,2-3H3,(H,30,33). The maximum atomic E-state index is 12.8. The molecular formula is C27H23N5O2S. The fraction of sp³-hybridized carbons (Fsp3) is 0.185. The van der Waals surface area contributed by atoms with Gasteiger partial charge in [-0.2, -0.15) is 9.78 Å². The molecule has 0 spiro atoms.